The van der Waals surface area contributed by atoms with Crippen molar-refractivity contribution in [3.8, 4) is 12.3 Å². The maximum atomic E-state index is 11.8. The molecule has 90 valence electrons. The number of hydrogen-bond donors (Lipinski definition) is 1. The molecule has 1 atom stereocenters. The van der Waals surface area contributed by atoms with E-state index in [1.54, 1.807) is 6.20 Å². The first-order chi connectivity index (χ1) is 8.76. The quantitative estimate of drug-likeness (QED) is 0.808. The van der Waals surface area contributed by atoms with Gasteiger partial charge in [-0.05, 0) is 17.7 Å². The molecule has 0 bridgehead atoms. The summed E-state index contributed by atoms with van der Waals surface area (Å²) in [6.07, 6.45) is 7.63. The van der Waals surface area contributed by atoms with Gasteiger partial charge in [0.1, 0.15) is 0 Å². The molecule has 0 saturated carbocycles. The molecule has 4 nitrogen and oxygen atoms in total. The summed E-state index contributed by atoms with van der Waals surface area (Å²) in [4.78, 5) is 13.6. The lowest BCUT2D eigenvalue weighted by molar-refractivity contribution is -0.128. The van der Waals surface area contributed by atoms with Gasteiger partial charge in [-0.1, -0.05) is 6.07 Å². The van der Waals surface area contributed by atoms with Gasteiger partial charge in [-0.15, -0.1) is 12.3 Å². The fraction of sp³-hybridized carbons (Fsp3) is 0.286. The minimum atomic E-state index is 0.0650. The molecule has 1 aromatic heterocycles. The molecule has 2 aromatic rings. The van der Waals surface area contributed by atoms with Gasteiger partial charge >= 0.3 is 0 Å². The Morgan fingerprint density at radius 3 is 3.22 bits per heavy atom. The summed E-state index contributed by atoms with van der Waals surface area (Å²) in [5.74, 6) is 2.87. The summed E-state index contributed by atoms with van der Waals surface area (Å²) in [6, 6.07) is 6.04. The SMILES string of the molecule is C#CC1CC(=O)N(Cc2ccc3[nH]ncc3c2)C1. The van der Waals surface area contributed by atoms with E-state index in [2.05, 4.69) is 22.2 Å². The van der Waals surface area contributed by atoms with Crippen LogP contribution in [0, 0.1) is 18.3 Å². The van der Waals surface area contributed by atoms with E-state index in [0.29, 0.717) is 19.5 Å². The molecule has 0 spiro atoms. The molecule has 1 aromatic carbocycles. The number of H-pyrrole nitrogens is 1. The minimum absolute atomic E-state index is 0.0650. The number of benzene rings is 1. The molecule has 4 heteroatoms. The van der Waals surface area contributed by atoms with Crippen LogP contribution in [0.2, 0.25) is 0 Å². The highest BCUT2D eigenvalue weighted by atomic mass is 16.2. The standard InChI is InChI=1S/C14H13N3O/c1-2-10-6-14(18)17(8-10)9-11-3-4-13-12(5-11)7-15-16-13/h1,3-5,7,10H,6,8-9H2,(H,15,16). The first-order valence-electron chi connectivity index (χ1n) is 5.92. The monoisotopic (exact) mass is 239 g/mol. The van der Waals surface area contributed by atoms with Gasteiger partial charge < -0.3 is 4.90 Å². The van der Waals surface area contributed by atoms with Crippen LogP contribution in [0.4, 0.5) is 0 Å². The topological polar surface area (TPSA) is 49.0 Å². The largest absolute Gasteiger partial charge is 0.337 e. The predicted octanol–water partition coefficient (Wildman–Crippen LogP) is 1.54. The number of hydrogen-bond acceptors (Lipinski definition) is 2. The van der Waals surface area contributed by atoms with Crippen molar-refractivity contribution in [2.75, 3.05) is 6.54 Å². The highest BCUT2D eigenvalue weighted by Crippen LogP contribution is 2.21. The number of terminal acetylenes is 1. The van der Waals surface area contributed by atoms with Crippen LogP contribution in [-0.2, 0) is 11.3 Å². The Morgan fingerprint density at radius 2 is 2.44 bits per heavy atom. The van der Waals surface area contributed by atoms with Crippen LogP contribution in [0.3, 0.4) is 0 Å². The molecule has 1 amide bonds. The van der Waals surface area contributed by atoms with E-state index in [9.17, 15) is 4.79 Å². The van der Waals surface area contributed by atoms with Crippen molar-refractivity contribution in [1.29, 1.82) is 0 Å². The fourth-order valence-electron chi connectivity index (χ4n) is 2.35. The molecule has 0 aliphatic carbocycles. The van der Waals surface area contributed by atoms with Gasteiger partial charge in [0.15, 0.2) is 0 Å². The molecule has 1 aliphatic heterocycles. The number of fused-ring (bicyclic) bond motifs is 1. The molecule has 1 saturated heterocycles. The van der Waals surface area contributed by atoms with Crippen molar-refractivity contribution >= 4 is 16.8 Å². The number of carbonyl (C=O) groups is 1. The number of aromatic amines is 1. The van der Waals surface area contributed by atoms with Crippen molar-refractivity contribution < 1.29 is 4.79 Å². The zero-order valence-corrected chi connectivity index (χ0v) is 9.89. The summed E-state index contributed by atoms with van der Waals surface area (Å²) in [7, 11) is 0. The van der Waals surface area contributed by atoms with Crippen molar-refractivity contribution in [2.45, 2.75) is 13.0 Å². The van der Waals surface area contributed by atoms with Gasteiger partial charge in [0.25, 0.3) is 0 Å². The number of amides is 1. The molecule has 1 fully saturated rings. The number of rotatable bonds is 2. The van der Waals surface area contributed by atoms with Gasteiger partial charge in [0.2, 0.25) is 5.91 Å². The maximum Gasteiger partial charge on any atom is 0.224 e. The van der Waals surface area contributed by atoms with Gasteiger partial charge in [-0.3, -0.25) is 9.89 Å². The molecule has 1 N–H and O–H groups in total. The van der Waals surface area contributed by atoms with Gasteiger partial charge in [-0.2, -0.15) is 5.10 Å². The number of aromatic nitrogens is 2. The molecular weight excluding hydrogens is 226 g/mol. The Labute approximate surface area is 105 Å². The smallest absolute Gasteiger partial charge is 0.224 e. The van der Waals surface area contributed by atoms with E-state index in [4.69, 9.17) is 6.42 Å². The summed E-state index contributed by atoms with van der Waals surface area (Å²) < 4.78 is 0. The average Bonchev–Trinajstić information content (AvgIpc) is 2.96. The number of likely N-dealkylation sites (tertiary alicyclic amines) is 1. The predicted molar refractivity (Wildman–Crippen MR) is 68.5 cm³/mol. The zero-order valence-electron chi connectivity index (χ0n) is 9.89. The third-order valence-corrected chi connectivity index (χ3v) is 3.33. The van der Waals surface area contributed by atoms with Crippen LogP contribution in [0.1, 0.15) is 12.0 Å². The summed E-state index contributed by atoms with van der Waals surface area (Å²) >= 11 is 0. The van der Waals surface area contributed by atoms with Crippen molar-refractivity contribution in [3.05, 3.63) is 30.0 Å². The molecular formula is C14H13N3O. The lowest BCUT2D eigenvalue weighted by Gasteiger charge is -2.15. The third-order valence-electron chi connectivity index (χ3n) is 3.33. The number of nitrogens with one attached hydrogen (secondary N) is 1. The van der Waals surface area contributed by atoms with Crippen LogP contribution in [0.25, 0.3) is 10.9 Å². The Hall–Kier alpha value is -2.28. The van der Waals surface area contributed by atoms with Crippen molar-refractivity contribution in [3.63, 3.8) is 0 Å². The van der Waals surface area contributed by atoms with E-state index < -0.39 is 0 Å². The van der Waals surface area contributed by atoms with Crippen molar-refractivity contribution in [2.24, 2.45) is 5.92 Å². The highest BCUT2D eigenvalue weighted by Gasteiger charge is 2.27. The molecule has 1 aliphatic rings. The molecule has 3 rings (SSSR count). The van der Waals surface area contributed by atoms with Crippen LogP contribution in [0.15, 0.2) is 24.4 Å². The second kappa shape index (κ2) is 4.19. The second-order valence-corrected chi connectivity index (χ2v) is 4.63. The average molecular weight is 239 g/mol. The maximum absolute atomic E-state index is 11.8. The van der Waals surface area contributed by atoms with Crippen LogP contribution >= 0.6 is 0 Å². The van der Waals surface area contributed by atoms with E-state index >= 15 is 0 Å². The van der Waals surface area contributed by atoms with Gasteiger partial charge in [-0.25, -0.2) is 0 Å². The van der Waals surface area contributed by atoms with E-state index in [1.165, 1.54) is 0 Å². The highest BCUT2D eigenvalue weighted by molar-refractivity contribution is 5.80. The van der Waals surface area contributed by atoms with Crippen LogP contribution in [0.5, 0.6) is 0 Å². The summed E-state index contributed by atoms with van der Waals surface area (Å²) in [5.41, 5.74) is 2.11. The molecule has 18 heavy (non-hydrogen) atoms. The third kappa shape index (κ3) is 1.84. The summed E-state index contributed by atoms with van der Waals surface area (Å²) in [6.45, 7) is 1.29. The van der Waals surface area contributed by atoms with Crippen LogP contribution < -0.4 is 0 Å². The van der Waals surface area contributed by atoms with E-state index in [1.807, 2.05) is 17.0 Å². The van der Waals surface area contributed by atoms with Gasteiger partial charge in [0, 0.05) is 30.8 Å². The lowest BCUT2D eigenvalue weighted by atomic mass is 10.1. The fourth-order valence-corrected chi connectivity index (χ4v) is 2.35. The first-order valence-corrected chi connectivity index (χ1v) is 5.92. The number of nitrogens with zero attached hydrogens (tertiary/aromatic N) is 2. The van der Waals surface area contributed by atoms with Crippen molar-refractivity contribution in [1.82, 2.24) is 15.1 Å². The van der Waals surface area contributed by atoms with E-state index in [0.717, 1.165) is 16.5 Å². The minimum Gasteiger partial charge on any atom is -0.337 e. The Balaban J connectivity index is 1.80. The molecule has 0 radical (unpaired) electrons. The van der Waals surface area contributed by atoms with E-state index in [-0.39, 0.29) is 11.8 Å². The molecule has 2 heterocycles. The number of carbonyl (C=O) groups excluding carboxylic acids is 1. The normalized spacial score (nSPS) is 19.4. The Kier molecular flexibility index (Phi) is 2.52. The lowest BCUT2D eigenvalue weighted by Crippen LogP contribution is -2.24. The summed E-state index contributed by atoms with van der Waals surface area (Å²) in [5, 5.41) is 7.95. The Bertz CT molecular complexity index is 638. The van der Waals surface area contributed by atoms with Crippen LogP contribution in [-0.4, -0.2) is 27.5 Å². The zero-order chi connectivity index (χ0) is 12.5. The van der Waals surface area contributed by atoms with Gasteiger partial charge in [0.05, 0.1) is 11.7 Å². The first kappa shape index (κ1) is 10.8. The second-order valence-electron chi connectivity index (χ2n) is 4.63. The molecule has 1 unspecified atom stereocenters. The Morgan fingerprint density at radius 1 is 1.56 bits per heavy atom.